The summed E-state index contributed by atoms with van der Waals surface area (Å²) >= 11 is 0. The van der Waals surface area contributed by atoms with E-state index in [1.807, 2.05) is 4.90 Å². The number of rotatable bonds is 7. The Hall–Kier alpha value is -1.35. The van der Waals surface area contributed by atoms with Crippen LogP contribution in [0.4, 0.5) is 0 Å². The SMILES string of the molecule is CCCCN(Cc1ccccc1)C1CCC(=O)N(CC)CC1. The van der Waals surface area contributed by atoms with Crippen LogP contribution in [0.2, 0.25) is 0 Å². The van der Waals surface area contributed by atoms with E-state index in [9.17, 15) is 4.79 Å². The molecule has 1 saturated heterocycles. The molecule has 1 fully saturated rings. The first-order valence-electron chi connectivity index (χ1n) is 8.80. The summed E-state index contributed by atoms with van der Waals surface area (Å²) in [5, 5.41) is 0. The van der Waals surface area contributed by atoms with Gasteiger partial charge in [-0.15, -0.1) is 0 Å². The van der Waals surface area contributed by atoms with Gasteiger partial charge < -0.3 is 4.90 Å². The molecule has 22 heavy (non-hydrogen) atoms. The number of likely N-dealkylation sites (tertiary alicyclic amines) is 1. The molecule has 0 bridgehead atoms. The number of hydrogen-bond donors (Lipinski definition) is 0. The second-order valence-electron chi connectivity index (χ2n) is 6.26. The van der Waals surface area contributed by atoms with E-state index >= 15 is 0 Å². The second-order valence-corrected chi connectivity index (χ2v) is 6.26. The molecule has 3 heteroatoms. The van der Waals surface area contributed by atoms with Crippen LogP contribution in [-0.4, -0.2) is 41.4 Å². The molecule has 0 saturated carbocycles. The monoisotopic (exact) mass is 302 g/mol. The molecule has 0 radical (unpaired) electrons. The van der Waals surface area contributed by atoms with Crippen LogP contribution in [0.15, 0.2) is 30.3 Å². The maximum absolute atomic E-state index is 12.1. The van der Waals surface area contributed by atoms with Crippen molar-refractivity contribution in [3.05, 3.63) is 35.9 Å². The van der Waals surface area contributed by atoms with Gasteiger partial charge in [-0.1, -0.05) is 43.7 Å². The number of unbranched alkanes of at least 4 members (excludes halogenated alkanes) is 1. The standard InChI is InChI=1S/C19H30N2O/c1-3-5-14-21(16-17-9-7-6-8-10-17)18-11-12-19(22)20(4-2)15-13-18/h6-10,18H,3-5,11-16H2,1-2H3. The van der Waals surface area contributed by atoms with Crippen molar-refractivity contribution in [1.29, 1.82) is 0 Å². The molecule has 0 aliphatic carbocycles. The van der Waals surface area contributed by atoms with Gasteiger partial charge in [-0.25, -0.2) is 0 Å². The Morgan fingerprint density at radius 2 is 1.95 bits per heavy atom. The van der Waals surface area contributed by atoms with Crippen molar-refractivity contribution in [3.8, 4) is 0 Å². The van der Waals surface area contributed by atoms with Gasteiger partial charge in [-0.3, -0.25) is 9.69 Å². The molecule has 0 spiro atoms. The fraction of sp³-hybridized carbons (Fsp3) is 0.632. The Morgan fingerprint density at radius 1 is 1.18 bits per heavy atom. The Bertz CT molecular complexity index is 446. The van der Waals surface area contributed by atoms with E-state index in [2.05, 4.69) is 49.1 Å². The highest BCUT2D eigenvalue weighted by Gasteiger charge is 2.25. The molecule has 1 amide bonds. The minimum atomic E-state index is 0.333. The fourth-order valence-electron chi connectivity index (χ4n) is 3.29. The number of amides is 1. The molecule has 0 N–H and O–H groups in total. The molecule has 1 unspecified atom stereocenters. The first kappa shape index (κ1) is 17.0. The average molecular weight is 302 g/mol. The predicted molar refractivity (Wildman–Crippen MR) is 91.7 cm³/mol. The molecule has 2 rings (SSSR count). The highest BCUT2D eigenvalue weighted by molar-refractivity contribution is 5.76. The molecule has 0 aromatic heterocycles. The van der Waals surface area contributed by atoms with Crippen molar-refractivity contribution in [2.75, 3.05) is 19.6 Å². The summed E-state index contributed by atoms with van der Waals surface area (Å²) in [5.74, 6) is 0.333. The summed E-state index contributed by atoms with van der Waals surface area (Å²) in [4.78, 5) is 16.7. The lowest BCUT2D eigenvalue weighted by molar-refractivity contribution is -0.130. The van der Waals surface area contributed by atoms with E-state index in [0.717, 1.165) is 39.0 Å². The lowest BCUT2D eigenvalue weighted by atomic mass is 10.1. The number of nitrogens with zero attached hydrogens (tertiary/aromatic N) is 2. The first-order valence-corrected chi connectivity index (χ1v) is 8.80. The van der Waals surface area contributed by atoms with E-state index in [1.54, 1.807) is 0 Å². The summed E-state index contributed by atoms with van der Waals surface area (Å²) in [6.45, 7) is 8.23. The molecule has 3 nitrogen and oxygen atoms in total. The molecule has 1 aliphatic rings. The summed E-state index contributed by atoms with van der Waals surface area (Å²) < 4.78 is 0. The third kappa shape index (κ3) is 4.84. The Balaban J connectivity index is 2.02. The number of hydrogen-bond acceptors (Lipinski definition) is 2. The van der Waals surface area contributed by atoms with Gasteiger partial charge in [-0.05, 0) is 38.3 Å². The van der Waals surface area contributed by atoms with Crippen molar-refractivity contribution in [3.63, 3.8) is 0 Å². The molecule has 1 heterocycles. The van der Waals surface area contributed by atoms with Crippen LogP contribution >= 0.6 is 0 Å². The van der Waals surface area contributed by atoms with Crippen molar-refractivity contribution in [2.45, 2.75) is 58.5 Å². The minimum Gasteiger partial charge on any atom is -0.343 e. The van der Waals surface area contributed by atoms with E-state index in [-0.39, 0.29) is 0 Å². The normalized spacial score (nSPS) is 19.5. The zero-order chi connectivity index (χ0) is 15.8. The van der Waals surface area contributed by atoms with Crippen LogP contribution in [0.5, 0.6) is 0 Å². The molecule has 1 aliphatic heterocycles. The van der Waals surface area contributed by atoms with Crippen molar-refractivity contribution < 1.29 is 4.79 Å². The quantitative estimate of drug-likeness (QED) is 0.767. The first-order chi connectivity index (χ1) is 10.7. The average Bonchev–Trinajstić information content (AvgIpc) is 2.74. The van der Waals surface area contributed by atoms with Crippen LogP contribution in [0, 0.1) is 0 Å². The second kappa shape index (κ2) is 8.94. The maximum atomic E-state index is 12.1. The van der Waals surface area contributed by atoms with Gasteiger partial charge in [0.05, 0.1) is 0 Å². The van der Waals surface area contributed by atoms with E-state index in [4.69, 9.17) is 0 Å². The summed E-state index contributed by atoms with van der Waals surface area (Å²) in [6.07, 6.45) is 5.27. The molecular formula is C19H30N2O. The number of benzene rings is 1. The fourth-order valence-corrected chi connectivity index (χ4v) is 3.29. The van der Waals surface area contributed by atoms with Gasteiger partial charge in [0.15, 0.2) is 0 Å². The zero-order valence-electron chi connectivity index (χ0n) is 14.1. The number of carbonyl (C=O) groups is 1. The maximum Gasteiger partial charge on any atom is 0.222 e. The van der Waals surface area contributed by atoms with Gasteiger partial charge in [0.1, 0.15) is 0 Å². The van der Waals surface area contributed by atoms with E-state index in [0.29, 0.717) is 18.4 Å². The molecule has 1 atom stereocenters. The van der Waals surface area contributed by atoms with Crippen LogP contribution < -0.4 is 0 Å². The molecule has 1 aromatic rings. The van der Waals surface area contributed by atoms with E-state index < -0.39 is 0 Å². The topological polar surface area (TPSA) is 23.6 Å². The Labute approximate surface area is 135 Å². The van der Waals surface area contributed by atoms with Gasteiger partial charge in [0.2, 0.25) is 5.91 Å². The van der Waals surface area contributed by atoms with Crippen LogP contribution in [0.25, 0.3) is 0 Å². The molecular weight excluding hydrogens is 272 g/mol. The third-order valence-corrected chi connectivity index (χ3v) is 4.70. The molecule has 122 valence electrons. The highest BCUT2D eigenvalue weighted by atomic mass is 16.2. The van der Waals surface area contributed by atoms with Crippen LogP contribution in [0.3, 0.4) is 0 Å². The van der Waals surface area contributed by atoms with Gasteiger partial charge in [-0.2, -0.15) is 0 Å². The van der Waals surface area contributed by atoms with Crippen molar-refractivity contribution in [2.24, 2.45) is 0 Å². The Kier molecular flexibility index (Phi) is 6.91. The van der Waals surface area contributed by atoms with E-state index in [1.165, 1.54) is 18.4 Å². The van der Waals surface area contributed by atoms with Crippen molar-refractivity contribution >= 4 is 5.91 Å². The highest BCUT2D eigenvalue weighted by Crippen LogP contribution is 2.20. The third-order valence-electron chi connectivity index (χ3n) is 4.70. The smallest absolute Gasteiger partial charge is 0.222 e. The largest absolute Gasteiger partial charge is 0.343 e. The predicted octanol–water partition coefficient (Wildman–Crippen LogP) is 3.69. The molecule has 1 aromatic carbocycles. The lowest BCUT2D eigenvalue weighted by Gasteiger charge is -2.31. The van der Waals surface area contributed by atoms with Gasteiger partial charge in [0.25, 0.3) is 0 Å². The van der Waals surface area contributed by atoms with Gasteiger partial charge in [0, 0.05) is 32.1 Å². The summed E-state index contributed by atoms with van der Waals surface area (Å²) in [5.41, 5.74) is 1.38. The van der Waals surface area contributed by atoms with Crippen LogP contribution in [0.1, 0.15) is 51.5 Å². The zero-order valence-corrected chi connectivity index (χ0v) is 14.1. The van der Waals surface area contributed by atoms with Crippen molar-refractivity contribution in [1.82, 2.24) is 9.80 Å². The Morgan fingerprint density at radius 3 is 2.64 bits per heavy atom. The summed E-state index contributed by atoms with van der Waals surface area (Å²) in [7, 11) is 0. The minimum absolute atomic E-state index is 0.333. The summed E-state index contributed by atoms with van der Waals surface area (Å²) in [6, 6.07) is 11.2. The lowest BCUT2D eigenvalue weighted by Crippen LogP contribution is -2.36. The van der Waals surface area contributed by atoms with Gasteiger partial charge >= 0.3 is 0 Å². The number of carbonyl (C=O) groups excluding carboxylic acids is 1. The van der Waals surface area contributed by atoms with Crippen LogP contribution in [-0.2, 0) is 11.3 Å².